The summed E-state index contributed by atoms with van der Waals surface area (Å²) >= 11 is 1.27. The van der Waals surface area contributed by atoms with Crippen LogP contribution >= 0.6 is 11.3 Å². The smallest absolute Gasteiger partial charge is 0.263 e. The molecule has 18 heavy (non-hydrogen) atoms. The van der Waals surface area contributed by atoms with E-state index in [0.717, 1.165) is 6.07 Å². The molecule has 2 aromatic rings. The molecule has 0 saturated carbocycles. The van der Waals surface area contributed by atoms with Crippen molar-refractivity contribution in [2.24, 2.45) is 5.73 Å². The summed E-state index contributed by atoms with van der Waals surface area (Å²) in [5.41, 5.74) is 5.65. The van der Waals surface area contributed by atoms with Gasteiger partial charge in [-0.1, -0.05) is 6.07 Å². The number of halogens is 1. The molecule has 1 aromatic carbocycles. The molecular formula is C11H11FN2O2S2. The van der Waals surface area contributed by atoms with E-state index in [0.29, 0.717) is 4.88 Å². The molecule has 7 heteroatoms. The third-order valence-corrected chi connectivity index (χ3v) is 4.79. The second-order valence-corrected chi connectivity index (χ2v) is 6.18. The molecule has 2 rings (SSSR count). The van der Waals surface area contributed by atoms with Crippen LogP contribution in [0, 0.1) is 5.82 Å². The van der Waals surface area contributed by atoms with E-state index in [2.05, 4.69) is 4.72 Å². The molecule has 3 N–H and O–H groups in total. The number of sulfonamides is 1. The van der Waals surface area contributed by atoms with Crippen molar-refractivity contribution in [3.8, 4) is 0 Å². The van der Waals surface area contributed by atoms with Crippen LogP contribution < -0.4 is 10.5 Å². The molecule has 1 heterocycles. The Kier molecular flexibility index (Phi) is 3.65. The number of nitrogens with one attached hydrogen (secondary N) is 1. The molecule has 0 bridgehead atoms. The van der Waals surface area contributed by atoms with Crippen molar-refractivity contribution >= 4 is 27.0 Å². The van der Waals surface area contributed by atoms with Crippen molar-refractivity contribution in [3.63, 3.8) is 0 Å². The molecule has 0 aliphatic carbocycles. The average Bonchev–Trinajstić information content (AvgIpc) is 2.77. The van der Waals surface area contributed by atoms with Gasteiger partial charge in [-0.05, 0) is 29.6 Å². The first kappa shape index (κ1) is 13.0. The van der Waals surface area contributed by atoms with Crippen LogP contribution in [0.2, 0.25) is 0 Å². The monoisotopic (exact) mass is 286 g/mol. The predicted octanol–water partition coefficient (Wildman–Crippen LogP) is 2.15. The number of anilines is 1. The van der Waals surface area contributed by atoms with Crippen LogP contribution in [0.1, 0.15) is 4.88 Å². The minimum atomic E-state index is -3.72. The number of rotatable bonds is 4. The van der Waals surface area contributed by atoms with Crippen molar-refractivity contribution < 1.29 is 12.8 Å². The van der Waals surface area contributed by atoms with Gasteiger partial charge in [0.25, 0.3) is 10.0 Å². The summed E-state index contributed by atoms with van der Waals surface area (Å²) in [4.78, 5) is 0.707. The Morgan fingerprint density at radius 2 is 2.11 bits per heavy atom. The molecule has 4 nitrogen and oxygen atoms in total. The Labute approximate surface area is 108 Å². The molecule has 0 atom stereocenters. The van der Waals surface area contributed by atoms with Crippen molar-refractivity contribution in [1.82, 2.24) is 0 Å². The minimum Gasteiger partial charge on any atom is -0.326 e. The number of nitrogens with two attached hydrogens (primary N) is 1. The van der Waals surface area contributed by atoms with Crippen molar-refractivity contribution in [2.75, 3.05) is 4.72 Å². The summed E-state index contributed by atoms with van der Waals surface area (Å²) in [5.74, 6) is -0.500. The zero-order chi connectivity index (χ0) is 13.2. The topological polar surface area (TPSA) is 72.2 Å². The lowest BCUT2D eigenvalue weighted by Crippen LogP contribution is -2.14. The maximum Gasteiger partial charge on any atom is 0.263 e. The van der Waals surface area contributed by atoms with Gasteiger partial charge in [-0.25, -0.2) is 12.8 Å². The third-order valence-electron chi connectivity index (χ3n) is 2.26. The number of benzene rings is 1. The first-order valence-electron chi connectivity index (χ1n) is 5.08. The quantitative estimate of drug-likeness (QED) is 0.904. The average molecular weight is 286 g/mol. The maximum absolute atomic E-state index is 13.0. The summed E-state index contributed by atoms with van der Waals surface area (Å²) in [6.07, 6.45) is 0. The summed E-state index contributed by atoms with van der Waals surface area (Å²) in [7, 11) is -3.72. The fourth-order valence-corrected chi connectivity index (χ4v) is 3.87. The van der Waals surface area contributed by atoms with Gasteiger partial charge >= 0.3 is 0 Å². The first-order valence-corrected chi connectivity index (χ1v) is 7.44. The summed E-state index contributed by atoms with van der Waals surface area (Å²) in [6.45, 7) is 0.150. The fraction of sp³-hybridized carbons (Fsp3) is 0.0909. The van der Waals surface area contributed by atoms with Gasteiger partial charge in [0.1, 0.15) is 10.7 Å². The molecule has 0 radical (unpaired) electrons. The minimum absolute atomic E-state index is 0.138. The lowest BCUT2D eigenvalue weighted by atomic mass is 10.3. The number of hydrogen-bond donors (Lipinski definition) is 2. The van der Waals surface area contributed by atoms with E-state index < -0.39 is 15.8 Å². The highest BCUT2D eigenvalue weighted by Gasteiger charge is 2.19. The third kappa shape index (κ3) is 2.69. The highest BCUT2D eigenvalue weighted by atomic mass is 32.2. The van der Waals surface area contributed by atoms with Gasteiger partial charge in [0.05, 0.1) is 5.69 Å². The molecule has 0 spiro atoms. The van der Waals surface area contributed by atoms with Gasteiger partial charge in [-0.3, -0.25) is 4.72 Å². The molecule has 0 saturated heterocycles. The van der Waals surface area contributed by atoms with E-state index in [1.807, 2.05) is 0 Å². The molecule has 0 fully saturated rings. The van der Waals surface area contributed by atoms with E-state index in [1.165, 1.54) is 35.6 Å². The molecular weight excluding hydrogens is 275 g/mol. The van der Waals surface area contributed by atoms with Crippen LogP contribution in [0.5, 0.6) is 0 Å². The molecule has 0 aliphatic heterocycles. The Morgan fingerprint density at radius 1 is 1.33 bits per heavy atom. The van der Waals surface area contributed by atoms with E-state index in [4.69, 9.17) is 5.73 Å². The van der Waals surface area contributed by atoms with Gasteiger partial charge in [0.15, 0.2) is 0 Å². The van der Waals surface area contributed by atoms with Gasteiger partial charge in [0, 0.05) is 11.4 Å². The van der Waals surface area contributed by atoms with E-state index in [-0.39, 0.29) is 17.1 Å². The van der Waals surface area contributed by atoms with Gasteiger partial charge in [0.2, 0.25) is 0 Å². The summed E-state index contributed by atoms with van der Waals surface area (Å²) < 4.78 is 39.4. The number of hydrogen-bond acceptors (Lipinski definition) is 4. The van der Waals surface area contributed by atoms with Crippen molar-refractivity contribution in [3.05, 3.63) is 46.4 Å². The van der Waals surface area contributed by atoms with Crippen LogP contribution in [0.25, 0.3) is 0 Å². The van der Waals surface area contributed by atoms with E-state index in [1.54, 1.807) is 5.38 Å². The van der Waals surface area contributed by atoms with Gasteiger partial charge in [-0.15, -0.1) is 11.3 Å². The second kappa shape index (κ2) is 5.05. The molecule has 1 aromatic heterocycles. The van der Waals surface area contributed by atoms with E-state index >= 15 is 0 Å². The number of thiophene rings is 1. The van der Waals surface area contributed by atoms with Gasteiger partial charge in [-0.2, -0.15) is 0 Å². The van der Waals surface area contributed by atoms with Crippen LogP contribution in [0.3, 0.4) is 0 Å². The Hall–Kier alpha value is -1.44. The normalized spacial score (nSPS) is 11.4. The lowest BCUT2D eigenvalue weighted by molar-refractivity contribution is 0.600. The van der Waals surface area contributed by atoms with Crippen molar-refractivity contribution in [1.29, 1.82) is 0 Å². The predicted molar refractivity (Wildman–Crippen MR) is 69.4 cm³/mol. The van der Waals surface area contributed by atoms with E-state index in [9.17, 15) is 12.8 Å². The second-order valence-electron chi connectivity index (χ2n) is 3.53. The Balaban J connectivity index is 2.33. The van der Waals surface area contributed by atoms with Gasteiger partial charge < -0.3 is 5.73 Å². The SMILES string of the molecule is NCc1sccc1S(=O)(=O)Nc1cccc(F)c1. The zero-order valence-corrected chi connectivity index (χ0v) is 10.9. The zero-order valence-electron chi connectivity index (χ0n) is 9.26. The summed E-state index contributed by atoms with van der Waals surface area (Å²) in [6, 6.07) is 6.76. The molecule has 96 valence electrons. The van der Waals surface area contributed by atoms with Crippen LogP contribution in [0.15, 0.2) is 40.6 Å². The first-order chi connectivity index (χ1) is 8.53. The highest BCUT2D eigenvalue weighted by molar-refractivity contribution is 7.93. The van der Waals surface area contributed by atoms with Crippen molar-refractivity contribution in [2.45, 2.75) is 11.4 Å². The lowest BCUT2D eigenvalue weighted by Gasteiger charge is -2.08. The summed E-state index contributed by atoms with van der Waals surface area (Å²) in [5, 5.41) is 1.66. The highest BCUT2D eigenvalue weighted by Crippen LogP contribution is 2.24. The molecule has 0 aliphatic rings. The van der Waals surface area contributed by atoms with Crippen LogP contribution in [-0.2, 0) is 16.6 Å². The molecule has 0 unspecified atom stereocenters. The Morgan fingerprint density at radius 3 is 2.78 bits per heavy atom. The Bertz CT molecular complexity index is 653. The standard InChI is InChI=1S/C11H11FN2O2S2/c12-8-2-1-3-9(6-8)14-18(15,16)11-4-5-17-10(11)7-13/h1-6,14H,7,13H2. The largest absolute Gasteiger partial charge is 0.326 e. The van der Waals surface area contributed by atoms with Crippen LogP contribution in [-0.4, -0.2) is 8.42 Å². The molecule has 0 amide bonds. The fourth-order valence-electron chi connectivity index (χ4n) is 1.48. The maximum atomic E-state index is 13.0. The van der Waals surface area contributed by atoms with Crippen LogP contribution in [0.4, 0.5) is 10.1 Å².